The summed E-state index contributed by atoms with van der Waals surface area (Å²) in [7, 11) is 1.79. The number of rotatable bonds is 2. The van der Waals surface area contributed by atoms with E-state index in [1.54, 1.807) is 7.05 Å². The predicted octanol–water partition coefficient (Wildman–Crippen LogP) is 3.18. The molecule has 3 atom stereocenters. The monoisotopic (exact) mass is 307 g/mol. The molecule has 0 bridgehead atoms. The minimum Gasteiger partial charge on any atom is -0.368 e. The summed E-state index contributed by atoms with van der Waals surface area (Å²) in [5.41, 5.74) is 2.85. The molecule has 2 heterocycles. The van der Waals surface area contributed by atoms with Crippen LogP contribution in [-0.4, -0.2) is 25.5 Å². The Labute approximate surface area is 130 Å². The number of halogens is 1. The van der Waals surface area contributed by atoms with E-state index in [9.17, 15) is 4.79 Å². The standard InChI is InChI=1S/C16H22ClN3O/c1-9-4-5-20(10(2)6-9)14-8-13-11(7-12(14)17)15(18-3)16(21)19-13/h7-10,15,18H,4-6H2,1-3H3,(H,19,21). The molecule has 0 saturated carbocycles. The van der Waals surface area contributed by atoms with Gasteiger partial charge >= 0.3 is 0 Å². The second-order valence-corrected chi connectivity index (χ2v) is 6.68. The number of fused-ring (bicyclic) bond motifs is 1. The van der Waals surface area contributed by atoms with E-state index in [-0.39, 0.29) is 11.9 Å². The summed E-state index contributed by atoms with van der Waals surface area (Å²) in [4.78, 5) is 14.3. The van der Waals surface area contributed by atoms with Crippen molar-refractivity contribution in [3.63, 3.8) is 0 Å². The number of amides is 1. The molecule has 114 valence electrons. The summed E-state index contributed by atoms with van der Waals surface area (Å²) in [5.74, 6) is 0.749. The lowest BCUT2D eigenvalue weighted by Gasteiger charge is -2.39. The molecule has 1 fully saturated rings. The Kier molecular flexibility index (Phi) is 3.84. The van der Waals surface area contributed by atoms with Crippen LogP contribution in [0, 0.1) is 5.92 Å². The van der Waals surface area contributed by atoms with Gasteiger partial charge in [-0.25, -0.2) is 0 Å². The number of nitrogens with one attached hydrogen (secondary N) is 2. The summed E-state index contributed by atoms with van der Waals surface area (Å²) >= 11 is 6.50. The molecule has 0 aliphatic carbocycles. The maximum atomic E-state index is 11.9. The van der Waals surface area contributed by atoms with Gasteiger partial charge < -0.3 is 15.5 Å². The molecule has 21 heavy (non-hydrogen) atoms. The van der Waals surface area contributed by atoms with Crippen molar-refractivity contribution in [1.82, 2.24) is 5.32 Å². The van der Waals surface area contributed by atoms with Crippen LogP contribution in [0.15, 0.2) is 12.1 Å². The molecule has 0 spiro atoms. The molecule has 3 unspecified atom stereocenters. The molecule has 5 heteroatoms. The van der Waals surface area contributed by atoms with Gasteiger partial charge in [-0.15, -0.1) is 0 Å². The van der Waals surface area contributed by atoms with Crippen molar-refractivity contribution in [2.45, 2.75) is 38.8 Å². The van der Waals surface area contributed by atoms with E-state index in [0.29, 0.717) is 6.04 Å². The molecule has 2 aliphatic heterocycles. The fourth-order valence-corrected chi connectivity index (χ4v) is 3.82. The third-order valence-electron chi connectivity index (χ3n) is 4.69. The first kappa shape index (κ1) is 14.7. The van der Waals surface area contributed by atoms with Crippen molar-refractivity contribution in [3.8, 4) is 0 Å². The van der Waals surface area contributed by atoms with Crippen molar-refractivity contribution >= 4 is 28.9 Å². The zero-order valence-electron chi connectivity index (χ0n) is 12.7. The van der Waals surface area contributed by atoms with Crippen molar-refractivity contribution in [2.24, 2.45) is 5.92 Å². The Balaban J connectivity index is 1.95. The maximum Gasteiger partial charge on any atom is 0.246 e. The lowest BCUT2D eigenvalue weighted by molar-refractivity contribution is -0.117. The van der Waals surface area contributed by atoms with Gasteiger partial charge in [-0.2, -0.15) is 0 Å². The average Bonchev–Trinajstić information content (AvgIpc) is 2.73. The second kappa shape index (κ2) is 5.50. The molecule has 0 aromatic heterocycles. The summed E-state index contributed by atoms with van der Waals surface area (Å²) in [6, 6.07) is 4.13. The quantitative estimate of drug-likeness (QED) is 0.882. The summed E-state index contributed by atoms with van der Waals surface area (Å²) in [6.07, 6.45) is 2.36. The van der Waals surface area contributed by atoms with Gasteiger partial charge in [0.2, 0.25) is 5.91 Å². The van der Waals surface area contributed by atoms with Crippen LogP contribution >= 0.6 is 11.6 Å². The van der Waals surface area contributed by atoms with Gasteiger partial charge in [0.1, 0.15) is 6.04 Å². The molecule has 1 amide bonds. The Morgan fingerprint density at radius 3 is 2.81 bits per heavy atom. The molecule has 1 saturated heterocycles. The largest absolute Gasteiger partial charge is 0.368 e. The number of carbonyl (C=O) groups excluding carboxylic acids is 1. The van der Waals surface area contributed by atoms with Crippen LogP contribution in [0.4, 0.5) is 11.4 Å². The van der Waals surface area contributed by atoms with Gasteiger partial charge in [-0.05, 0) is 44.9 Å². The predicted molar refractivity (Wildman–Crippen MR) is 87.1 cm³/mol. The number of benzene rings is 1. The molecule has 2 N–H and O–H groups in total. The third kappa shape index (κ3) is 2.51. The van der Waals surface area contributed by atoms with Gasteiger partial charge in [-0.1, -0.05) is 18.5 Å². The highest BCUT2D eigenvalue weighted by Gasteiger charge is 2.32. The molecular weight excluding hydrogens is 286 g/mol. The topological polar surface area (TPSA) is 44.4 Å². The Morgan fingerprint density at radius 2 is 2.14 bits per heavy atom. The molecule has 3 rings (SSSR count). The molecule has 1 aromatic rings. The fraction of sp³-hybridized carbons (Fsp3) is 0.562. The number of carbonyl (C=O) groups is 1. The lowest BCUT2D eigenvalue weighted by atomic mass is 9.92. The van der Waals surface area contributed by atoms with Gasteiger partial charge in [0.15, 0.2) is 0 Å². The Morgan fingerprint density at radius 1 is 1.38 bits per heavy atom. The summed E-state index contributed by atoms with van der Waals surface area (Å²) in [5, 5.41) is 6.70. The van der Waals surface area contributed by atoms with Gasteiger partial charge in [0.05, 0.1) is 10.7 Å². The highest BCUT2D eigenvalue weighted by atomic mass is 35.5. The minimum absolute atomic E-state index is 0.0129. The van der Waals surface area contributed by atoms with E-state index in [1.807, 2.05) is 12.1 Å². The van der Waals surface area contributed by atoms with Crippen molar-refractivity contribution in [1.29, 1.82) is 0 Å². The zero-order chi connectivity index (χ0) is 15.1. The second-order valence-electron chi connectivity index (χ2n) is 6.27. The fourth-order valence-electron chi connectivity index (χ4n) is 3.54. The van der Waals surface area contributed by atoms with Crippen LogP contribution in [0.5, 0.6) is 0 Å². The smallest absolute Gasteiger partial charge is 0.246 e. The van der Waals surface area contributed by atoms with Gasteiger partial charge in [0.25, 0.3) is 0 Å². The van der Waals surface area contributed by atoms with Crippen molar-refractivity contribution < 1.29 is 4.79 Å². The number of anilines is 2. The number of hydrogen-bond donors (Lipinski definition) is 2. The van der Waals surface area contributed by atoms with E-state index >= 15 is 0 Å². The van der Waals surface area contributed by atoms with Crippen molar-refractivity contribution in [2.75, 3.05) is 23.8 Å². The highest BCUT2D eigenvalue weighted by Crippen LogP contribution is 2.40. The molecule has 4 nitrogen and oxygen atoms in total. The molecule has 1 aromatic carbocycles. The third-order valence-corrected chi connectivity index (χ3v) is 4.99. The Hall–Kier alpha value is -1.26. The number of piperidine rings is 1. The van der Waals surface area contributed by atoms with E-state index in [1.165, 1.54) is 12.8 Å². The van der Waals surface area contributed by atoms with Crippen LogP contribution in [0.1, 0.15) is 38.3 Å². The molecule has 2 aliphatic rings. The summed E-state index contributed by atoms with van der Waals surface area (Å²) < 4.78 is 0. The average molecular weight is 308 g/mol. The van der Waals surface area contributed by atoms with E-state index in [4.69, 9.17) is 11.6 Å². The van der Waals surface area contributed by atoms with Crippen LogP contribution in [0.25, 0.3) is 0 Å². The maximum absolute atomic E-state index is 11.9. The first-order valence-corrected chi connectivity index (χ1v) is 7.97. The summed E-state index contributed by atoms with van der Waals surface area (Å²) in [6.45, 7) is 5.56. The minimum atomic E-state index is -0.301. The van der Waals surface area contributed by atoms with Crippen molar-refractivity contribution in [3.05, 3.63) is 22.7 Å². The van der Waals surface area contributed by atoms with E-state index in [0.717, 1.165) is 34.4 Å². The van der Waals surface area contributed by atoms with Crippen LogP contribution < -0.4 is 15.5 Å². The van der Waals surface area contributed by atoms with Crippen LogP contribution in [0.3, 0.4) is 0 Å². The highest BCUT2D eigenvalue weighted by molar-refractivity contribution is 6.33. The lowest BCUT2D eigenvalue weighted by Crippen LogP contribution is -2.40. The van der Waals surface area contributed by atoms with E-state index < -0.39 is 0 Å². The number of likely N-dealkylation sites (N-methyl/N-ethyl adjacent to an activating group) is 1. The van der Waals surface area contributed by atoms with Crippen LogP contribution in [0.2, 0.25) is 5.02 Å². The normalized spacial score (nSPS) is 28.5. The van der Waals surface area contributed by atoms with E-state index in [2.05, 4.69) is 29.4 Å². The molecular formula is C16H22ClN3O. The Bertz CT molecular complexity index is 575. The van der Waals surface area contributed by atoms with Gasteiger partial charge in [-0.3, -0.25) is 4.79 Å². The number of hydrogen-bond acceptors (Lipinski definition) is 3. The number of nitrogens with zero attached hydrogens (tertiary/aromatic N) is 1. The zero-order valence-corrected chi connectivity index (χ0v) is 13.5. The first-order valence-electron chi connectivity index (χ1n) is 7.59. The molecule has 0 radical (unpaired) electrons. The van der Waals surface area contributed by atoms with Crippen LogP contribution in [-0.2, 0) is 4.79 Å². The van der Waals surface area contributed by atoms with Gasteiger partial charge in [0, 0.05) is 23.8 Å². The first-order chi connectivity index (χ1) is 10.0. The SMILES string of the molecule is CNC1C(=O)Nc2cc(N3CCC(C)CC3C)c(Cl)cc21.